The van der Waals surface area contributed by atoms with Crippen molar-refractivity contribution in [3.8, 4) is 11.5 Å². The summed E-state index contributed by atoms with van der Waals surface area (Å²) in [7, 11) is 0. The SMILES string of the molecule is Cc1nc2oc(-c3ccccc3)nc2cc1NC(=O)c1cccnc1. The molecule has 4 rings (SSSR count). The lowest BCUT2D eigenvalue weighted by Crippen LogP contribution is -2.13. The molecule has 25 heavy (non-hydrogen) atoms. The van der Waals surface area contributed by atoms with Crippen molar-refractivity contribution in [2.75, 3.05) is 5.32 Å². The van der Waals surface area contributed by atoms with Gasteiger partial charge in [-0.2, -0.15) is 0 Å². The number of hydrogen-bond acceptors (Lipinski definition) is 5. The van der Waals surface area contributed by atoms with E-state index in [9.17, 15) is 4.79 Å². The maximum Gasteiger partial charge on any atom is 0.257 e. The smallest absolute Gasteiger partial charge is 0.257 e. The van der Waals surface area contributed by atoms with Crippen LogP contribution in [0.3, 0.4) is 0 Å². The van der Waals surface area contributed by atoms with Crippen LogP contribution < -0.4 is 5.32 Å². The molecule has 0 aliphatic carbocycles. The van der Waals surface area contributed by atoms with Gasteiger partial charge in [0.15, 0.2) is 0 Å². The maximum absolute atomic E-state index is 12.3. The van der Waals surface area contributed by atoms with Crippen LogP contribution >= 0.6 is 0 Å². The zero-order valence-corrected chi connectivity index (χ0v) is 13.4. The molecule has 4 aromatic rings. The summed E-state index contributed by atoms with van der Waals surface area (Å²) in [6.45, 7) is 1.81. The number of carbonyl (C=O) groups excluding carboxylic acids is 1. The second kappa shape index (κ2) is 6.16. The number of nitrogens with zero attached hydrogens (tertiary/aromatic N) is 3. The van der Waals surface area contributed by atoms with Crippen LogP contribution in [0, 0.1) is 6.92 Å². The second-order valence-electron chi connectivity index (χ2n) is 5.53. The molecule has 3 aromatic heterocycles. The summed E-state index contributed by atoms with van der Waals surface area (Å²) in [5.41, 5.74) is 3.63. The van der Waals surface area contributed by atoms with Crippen molar-refractivity contribution in [3.63, 3.8) is 0 Å². The van der Waals surface area contributed by atoms with Crippen molar-refractivity contribution < 1.29 is 9.21 Å². The lowest BCUT2D eigenvalue weighted by atomic mass is 10.2. The zero-order valence-electron chi connectivity index (χ0n) is 13.4. The van der Waals surface area contributed by atoms with Crippen molar-refractivity contribution >= 4 is 22.8 Å². The highest BCUT2D eigenvalue weighted by Gasteiger charge is 2.14. The molecule has 0 radical (unpaired) electrons. The van der Waals surface area contributed by atoms with E-state index in [1.54, 1.807) is 24.4 Å². The van der Waals surface area contributed by atoms with E-state index < -0.39 is 0 Å². The van der Waals surface area contributed by atoms with Crippen molar-refractivity contribution in [1.29, 1.82) is 0 Å². The van der Waals surface area contributed by atoms with E-state index in [4.69, 9.17) is 4.42 Å². The van der Waals surface area contributed by atoms with Crippen LogP contribution in [-0.4, -0.2) is 20.9 Å². The molecule has 6 nitrogen and oxygen atoms in total. The summed E-state index contributed by atoms with van der Waals surface area (Å²) >= 11 is 0. The van der Waals surface area contributed by atoms with Gasteiger partial charge in [0.1, 0.15) is 5.52 Å². The molecular weight excluding hydrogens is 316 g/mol. The average molecular weight is 330 g/mol. The monoisotopic (exact) mass is 330 g/mol. The molecule has 0 saturated heterocycles. The van der Waals surface area contributed by atoms with Gasteiger partial charge in [-0.15, -0.1) is 0 Å². The Bertz CT molecular complexity index is 1040. The Morgan fingerprint density at radius 3 is 2.68 bits per heavy atom. The molecule has 3 heterocycles. The van der Waals surface area contributed by atoms with Crippen LogP contribution in [0.2, 0.25) is 0 Å². The fourth-order valence-corrected chi connectivity index (χ4v) is 2.47. The Balaban J connectivity index is 1.68. The number of aryl methyl sites for hydroxylation is 1. The molecule has 6 heteroatoms. The lowest BCUT2D eigenvalue weighted by Gasteiger charge is -2.06. The molecule has 1 amide bonds. The Morgan fingerprint density at radius 2 is 1.92 bits per heavy atom. The van der Waals surface area contributed by atoms with E-state index >= 15 is 0 Å². The number of anilines is 1. The Hall–Kier alpha value is -3.54. The van der Waals surface area contributed by atoms with Crippen LogP contribution in [-0.2, 0) is 0 Å². The van der Waals surface area contributed by atoms with Gasteiger partial charge in [0.2, 0.25) is 11.6 Å². The number of pyridine rings is 2. The number of oxazole rings is 1. The van der Waals surface area contributed by atoms with Gasteiger partial charge in [0.05, 0.1) is 16.9 Å². The zero-order chi connectivity index (χ0) is 17.2. The minimum Gasteiger partial charge on any atom is -0.418 e. The first-order valence-corrected chi connectivity index (χ1v) is 7.76. The molecule has 0 atom stereocenters. The normalized spacial score (nSPS) is 10.8. The van der Waals surface area contributed by atoms with Crippen LogP contribution in [0.25, 0.3) is 22.7 Å². The van der Waals surface area contributed by atoms with Gasteiger partial charge in [0.25, 0.3) is 5.91 Å². The number of carbonyl (C=O) groups is 1. The largest absolute Gasteiger partial charge is 0.418 e. The molecule has 0 aliphatic rings. The van der Waals surface area contributed by atoms with Crippen LogP contribution in [0.15, 0.2) is 65.3 Å². The van der Waals surface area contributed by atoms with Crippen LogP contribution in [0.1, 0.15) is 16.1 Å². The fourth-order valence-electron chi connectivity index (χ4n) is 2.47. The summed E-state index contributed by atoms with van der Waals surface area (Å²) in [6, 6.07) is 14.8. The maximum atomic E-state index is 12.3. The van der Waals surface area contributed by atoms with Gasteiger partial charge in [-0.1, -0.05) is 18.2 Å². The van der Waals surface area contributed by atoms with Gasteiger partial charge in [0, 0.05) is 18.0 Å². The van der Waals surface area contributed by atoms with E-state index in [1.807, 2.05) is 37.3 Å². The van der Waals surface area contributed by atoms with Crippen LogP contribution in [0.5, 0.6) is 0 Å². The summed E-state index contributed by atoms with van der Waals surface area (Å²) in [5, 5.41) is 2.84. The van der Waals surface area contributed by atoms with E-state index in [2.05, 4.69) is 20.3 Å². The number of aromatic nitrogens is 3. The van der Waals surface area contributed by atoms with E-state index in [1.165, 1.54) is 6.20 Å². The average Bonchev–Trinajstić information content (AvgIpc) is 3.06. The van der Waals surface area contributed by atoms with E-state index in [-0.39, 0.29) is 5.91 Å². The molecule has 0 spiro atoms. The third-order valence-corrected chi connectivity index (χ3v) is 3.77. The summed E-state index contributed by atoms with van der Waals surface area (Å²) in [6.07, 6.45) is 3.14. The number of rotatable bonds is 3. The number of benzene rings is 1. The lowest BCUT2D eigenvalue weighted by molar-refractivity contribution is 0.102. The minimum absolute atomic E-state index is 0.246. The first kappa shape index (κ1) is 15.0. The fraction of sp³-hybridized carbons (Fsp3) is 0.0526. The molecule has 0 saturated carbocycles. The van der Waals surface area contributed by atoms with Gasteiger partial charge in [-0.25, -0.2) is 9.97 Å². The highest BCUT2D eigenvalue weighted by Crippen LogP contribution is 2.26. The van der Waals surface area contributed by atoms with E-state index in [0.29, 0.717) is 34.1 Å². The van der Waals surface area contributed by atoms with Crippen molar-refractivity contribution in [1.82, 2.24) is 15.0 Å². The molecule has 0 aliphatic heterocycles. The third kappa shape index (κ3) is 2.97. The van der Waals surface area contributed by atoms with Gasteiger partial charge in [-0.05, 0) is 37.3 Å². The quantitative estimate of drug-likeness (QED) is 0.617. The summed E-state index contributed by atoms with van der Waals surface area (Å²) < 4.78 is 5.73. The predicted octanol–water partition coefficient (Wildman–Crippen LogP) is 3.85. The number of fused-ring (bicyclic) bond motifs is 1. The predicted molar refractivity (Wildman–Crippen MR) is 94.2 cm³/mol. The van der Waals surface area contributed by atoms with Gasteiger partial charge < -0.3 is 9.73 Å². The molecule has 0 fully saturated rings. The number of amides is 1. The topological polar surface area (TPSA) is 80.9 Å². The standard InChI is InChI=1S/C19H14N4O2/c1-12-15(22-17(24)14-8-5-9-20-11-14)10-16-19(21-12)25-18(23-16)13-6-3-2-4-7-13/h2-11H,1H3,(H,22,24). The molecule has 1 aromatic carbocycles. The Kier molecular flexibility index (Phi) is 3.70. The van der Waals surface area contributed by atoms with Crippen molar-refractivity contribution in [2.45, 2.75) is 6.92 Å². The first-order chi connectivity index (χ1) is 12.2. The number of hydrogen-bond donors (Lipinski definition) is 1. The third-order valence-electron chi connectivity index (χ3n) is 3.77. The molecule has 0 bridgehead atoms. The van der Waals surface area contributed by atoms with Crippen molar-refractivity contribution in [2.24, 2.45) is 0 Å². The Morgan fingerprint density at radius 1 is 1.08 bits per heavy atom. The van der Waals surface area contributed by atoms with Crippen LogP contribution in [0.4, 0.5) is 5.69 Å². The second-order valence-corrected chi connectivity index (χ2v) is 5.53. The Labute approximate surface area is 143 Å². The molecular formula is C19H14N4O2. The molecule has 1 N–H and O–H groups in total. The summed E-state index contributed by atoms with van der Waals surface area (Å²) in [4.78, 5) is 25.1. The van der Waals surface area contributed by atoms with Crippen molar-refractivity contribution in [3.05, 3.63) is 72.2 Å². The van der Waals surface area contributed by atoms with Gasteiger partial charge >= 0.3 is 0 Å². The first-order valence-electron chi connectivity index (χ1n) is 7.76. The van der Waals surface area contributed by atoms with Gasteiger partial charge in [-0.3, -0.25) is 9.78 Å². The highest BCUT2D eigenvalue weighted by atomic mass is 16.4. The highest BCUT2D eigenvalue weighted by molar-refractivity contribution is 6.04. The molecule has 122 valence electrons. The minimum atomic E-state index is -0.246. The summed E-state index contributed by atoms with van der Waals surface area (Å²) in [5.74, 6) is 0.252. The molecule has 0 unspecified atom stereocenters. The van der Waals surface area contributed by atoms with E-state index in [0.717, 1.165) is 5.56 Å². The number of nitrogens with one attached hydrogen (secondary N) is 1.